The van der Waals surface area contributed by atoms with Crippen molar-refractivity contribution < 1.29 is 19.1 Å². The Morgan fingerprint density at radius 3 is 2.37 bits per heavy atom. The largest absolute Gasteiger partial charge is 0.515 e. The van der Waals surface area contributed by atoms with Gasteiger partial charge >= 0.3 is 5.97 Å². The fraction of sp³-hybridized carbons (Fsp3) is 0.286. The fourth-order valence-corrected chi connectivity index (χ4v) is 3.31. The van der Waals surface area contributed by atoms with E-state index in [2.05, 4.69) is 0 Å². The fourth-order valence-electron chi connectivity index (χ4n) is 1.55. The van der Waals surface area contributed by atoms with Crippen LogP contribution in [0.5, 0.6) is 0 Å². The van der Waals surface area contributed by atoms with Crippen LogP contribution in [0.25, 0.3) is 0 Å². The zero-order valence-electron chi connectivity index (χ0n) is 11.3. The minimum Gasteiger partial charge on any atom is -0.515 e. The van der Waals surface area contributed by atoms with Gasteiger partial charge in [-0.3, -0.25) is 4.79 Å². The van der Waals surface area contributed by atoms with Gasteiger partial charge in [0.15, 0.2) is 0 Å². The monoisotopic (exact) mass is 278 g/mol. The van der Waals surface area contributed by atoms with Gasteiger partial charge in [-0.25, -0.2) is 4.79 Å². The molecule has 19 heavy (non-hydrogen) atoms. The molecule has 0 spiro atoms. The quantitative estimate of drug-likeness (QED) is 0.661. The summed E-state index contributed by atoms with van der Waals surface area (Å²) in [5, 5.41) is 9.72. The van der Waals surface area contributed by atoms with E-state index in [1.165, 1.54) is 13.0 Å². The molecule has 0 saturated heterocycles. The predicted octanol–water partition coefficient (Wildman–Crippen LogP) is 2.06. The minimum atomic E-state index is -2.27. The van der Waals surface area contributed by atoms with Gasteiger partial charge < -0.3 is 9.53 Å². The summed E-state index contributed by atoms with van der Waals surface area (Å²) in [6.07, 6.45) is 1.36. The topological polar surface area (TPSA) is 63.6 Å². The van der Waals surface area contributed by atoms with Crippen molar-refractivity contribution >= 4 is 25.4 Å². The number of carboxylic acid groups (broad SMARTS) is 1. The summed E-state index contributed by atoms with van der Waals surface area (Å²) in [7, 11) is -2.27. The second-order valence-corrected chi connectivity index (χ2v) is 8.55. The molecule has 0 aliphatic heterocycles. The third-order valence-corrected chi connectivity index (χ3v) is 5.21. The van der Waals surface area contributed by atoms with E-state index >= 15 is 0 Å². The highest BCUT2D eigenvalue weighted by Crippen LogP contribution is 2.08. The van der Waals surface area contributed by atoms with Crippen molar-refractivity contribution in [3.05, 3.63) is 42.0 Å². The molecule has 0 bridgehead atoms. The molecule has 0 radical (unpaired) electrons. The number of benzene rings is 1. The molecule has 0 saturated carbocycles. The van der Waals surface area contributed by atoms with Gasteiger partial charge in [-0.1, -0.05) is 36.4 Å². The smallest absolute Gasteiger partial charge is 0.330 e. The number of hydrogen-bond donors (Lipinski definition) is 1. The van der Waals surface area contributed by atoms with E-state index in [4.69, 9.17) is 9.53 Å². The molecule has 0 fully saturated rings. The molecule has 0 atom stereocenters. The normalized spacial score (nSPS) is 12.1. The van der Waals surface area contributed by atoms with Gasteiger partial charge in [0.25, 0.3) is 14.3 Å². The summed E-state index contributed by atoms with van der Waals surface area (Å²) in [6.45, 7) is 5.33. The minimum absolute atomic E-state index is 0.0125. The number of carbonyl (C=O) groups is 2. The van der Waals surface area contributed by atoms with E-state index in [1.807, 2.05) is 43.4 Å². The van der Waals surface area contributed by atoms with Crippen LogP contribution < -0.4 is 5.19 Å². The molecule has 1 rings (SSSR count). The second kappa shape index (κ2) is 6.33. The average molecular weight is 278 g/mol. The Hall–Kier alpha value is -1.88. The zero-order chi connectivity index (χ0) is 14.5. The van der Waals surface area contributed by atoms with Crippen LogP contribution in [0.3, 0.4) is 0 Å². The van der Waals surface area contributed by atoms with Crippen molar-refractivity contribution in [1.82, 2.24) is 0 Å². The van der Waals surface area contributed by atoms with Crippen molar-refractivity contribution in [3.8, 4) is 0 Å². The Bertz CT molecular complexity index is 491. The first-order chi connectivity index (χ1) is 8.83. The van der Waals surface area contributed by atoms with Gasteiger partial charge in [0.05, 0.1) is 6.42 Å². The first kappa shape index (κ1) is 15.2. The van der Waals surface area contributed by atoms with Crippen LogP contribution in [0, 0.1) is 0 Å². The molecule has 1 N–H and O–H groups in total. The van der Waals surface area contributed by atoms with Crippen LogP contribution in [-0.2, 0) is 14.0 Å². The Morgan fingerprint density at radius 2 is 1.84 bits per heavy atom. The number of aliphatic carboxylic acids is 1. The Balaban J connectivity index is 2.67. The van der Waals surface area contributed by atoms with Gasteiger partial charge in [-0.2, -0.15) is 0 Å². The highest BCUT2D eigenvalue weighted by atomic mass is 28.4. The highest BCUT2D eigenvalue weighted by molar-refractivity contribution is 6.85. The molecule has 4 nitrogen and oxygen atoms in total. The van der Waals surface area contributed by atoms with Crippen LogP contribution in [0.15, 0.2) is 42.0 Å². The van der Waals surface area contributed by atoms with E-state index < -0.39 is 14.3 Å². The summed E-state index contributed by atoms with van der Waals surface area (Å²) in [4.78, 5) is 22.3. The third kappa shape index (κ3) is 4.71. The van der Waals surface area contributed by atoms with Crippen LogP contribution in [-0.4, -0.2) is 25.4 Å². The van der Waals surface area contributed by atoms with Gasteiger partial charge in [-0.05, 0) is 25.2 Å². The van der Waals surface area contributed by atoms with Crippen molar-refractivity contribution in [3.63, 3.8) is 0 Å². The van der Waals surface area contributed by atoms with Crippen molar-refractivity contribution in [1.29, 1.82) is 0 Å². The number of rotatable bonds is 5. The summed E-state index contributed by atoms with van der Waals surface area (Å²) in [5.41, 5.74) is 0.149. The number of carbonyl (C=O) groups excluding carboxylic acids is 1. The van der Waals surface area contributed by atoms with Gasteiger partial charge in [0.1, 0.15) is 0 Å². The van der Waals surface area contributed by atoms with E-state index in [0.717, 1.165) is 5.19 Å². The Labute approximate surface area is 113 Å². The lowest BCUT2D eigenvalue weighted by Gasteiger charge is -2.22. The highest BCUT2D eigenvalue weighted by Gasteiger charge is 2.28. The van der Waals surface area contributed by atoms with Crippen LogP contribution >= 0.6 is 0 Å². The molecule has 1 aromatic carbocycles. The summed E-state index contributed by atoms with van der Waals surface area (Å²) in [6, 6.07) is 9.61. The SMILES string of the molecule is CC(=CCC(=O)O[Si](C)(C)c1ccccc1)C(=O)O. The van der Waals surface area contributed by atoms with Gasteiger partial charge in [-0.15, -0.1) is 0 Å². The maximum atomic E-state index is 11.7. The number of hydrogen-bond acceptors (Lipinski definition) is 3. The van der Waals surface area contributed by atoms with Crippen molar-refractivity contribution in [2.45, 2.75) is 26.4 Å². The van der Waals surface area contributed by atoms with E-state index in [9.17, 15) is 9.59 Å². The summed E-state index contributed by atoms with van der Waals surface area (Å²) in [5.74, 6) is -1.41. The van der Waals surface area contributed by atoms with Gasteiger partial charge in [0, 0.05) is 5.57 Å². The van der Waals surface area contributed by atoms with Crippen molar-refractivity contribution in [2.75, 3.05) is 0 Å². The molecule has 0 heterocycles. The van der Waals surface area contributed by atoms with Crippen LogP contribution in [0.1, 0.15) is 13.3 Å². The first-order valence-corrected chi connectivity index (χ1v) is 8.91. The Morgan fingerprint density at radius 1 is 1.26 bits per heavy atom. The van der Waals surface area contributed by atoms with Gasteiger partial charge in [0.2, 0.25) is 0 Å². The predicted molar refractivity (Wildman–Crippen MR) is 75.7 cm³/mol. The third-order valence-electron chi connectivity index (χ3n) is 2.75. The first-order valence-electron chi connectivity index (χ1n) is 6.00. The molecule has 0 aliphatic rings. The zero-order valence-corrected chi connectivity index (χ0v) is 12.3. The van der Waals surface area contributed by atoms with Crippen LogP contribution in [0.4, 0.5) is 0 Å². The molecular formula is C14H18O4Si. The molecular weight excluding hydrogens is 260 g/mol. The van der Waals surface area contributed by atoms with Crippen molar-refractivity contribution in [2.24, 2.45) is 0 Å². The number of carboxylic acids is 1. The maximum Gasteiger partial charge on any atom is 0.330 e. The Kier molecular flexibility index (Phi) is 5.06. The molecule has 102 valence electrons. The molecule has 0 aliphatic carbocycles. The van der Waals surface area contributed by atoms with E-state index in [-0.39, 0.29) is 18.0 Å². The molecule has 1 aromatic rings. The second-order valence-electron chi connectivity index (χ2n) is 4.75. The molecule has 5 heteroatoms. The molecule has 0 aromatic heterocycles. The van der Waals surface area contributed by atoms with E-state index in [1.54, 1.807) is 0 Å². The average Bonchev–Trinajstić information content (AvgIpc) is 2.36. The summed E-state index contributed by atoms with van der Waals surface area (Å²) >= 11 is 0. The van der Waals surface area contributed by atoms with E-state index in [0.29, 0.717) is 0 Å². The lowest BCUT2D eigenvalue weighted by Crippen LogP contribution is -2.46. The molecule has 0 amide bonds. The lowest BCUT2D eigenvalue weighted by molar-refractivity contribution is -0.134. The maximum absolute atomic E-state index is 11.7. The lowest BCUT2D eigenvalue weighted by atomic mass is 10.2. The molecule has 0 unspecified atom stereocenters. The standard InChI is InChI=1S/C14H18O4Si/c1-11(14(16)17)9-10-13(15)18-19(2,3)12-7-5-4-6-8-12/h4-9H,10H2,1-3H3,(H,16,17). The van der Waals surface area contributed by atoms with Crippen LogP contribution in [0.2, 0.25) is 13.1 Å². The summed E-state index contributed by atoms with van der Waals surface area (Å²) < 4.78 is 5.52.